The predicted octanol–water partition coefficient (Wildman–Crippen LogP) is 4.21. The van der Waals surface area contributed by atoms with E-state index in [2.05, 4.69) is 33.9 Å². The second kappa shape index (κ2) is 6.44. The molecule has 0 heterocycles. The first-order valence-electron chi connectivity index (χ1n) is 7.01. The number of methoxy groups -OCH3 is 1. The van der Waals surface area contributed by atoms with Gasteiger partial charge in [-0.3, -0.25) is 0 Å². The van der Waals surface area contributed by atoms with Crippen LogP contribution in [0.5, 0.6) is 11.5 Å². The maximum absolute atomic E-state index is 10.5. The van der Waals surface area contributed by atoms with Crippen LogP contribution < -0.4 is 9.16 Å². The highest BCUT2D eigenvalue weighted by atomic mass is 28.4. The Hall–Kier alpha value is -1.29. The maximum Gasteiger partial charge on any atom is 0.250 e. The standard InChI is InChI=1S/C16H26O3Si/c1-16(2,3)20(5,6)19-14-10-9-13(8-7-11-17)15(12-14)18-4/h9-12H,7-8H2,1-6H3. The van der Waals surface area contributed by atoms with Gasteiger partial charge in [0, 0.05) is 12.5 Å². The van der Waals surface area contributed by atoms with Crippen LogP contribution in [0, 0.1) is 0 Å². The van der Waals surface area contributed by atoms with E-state index in [1.54, 1.807) is 7.11 Å². The van der Waals surface area contributed by atoms with Gasteiger partial charge in [0.05, 0.1) is 7.11 Å². The maximum atomic E-state index is 10.5. The Morgan fingerprint density at radius 3 is 2.40 bits per heavy atom. The zero-order valence-electron chi connectivity index (χ0n) is 13.4. The average molecular weight is 294 g/mol. The minimum Gasteiger partial charge on any atom is -0.543 e. The lowest BCUT2D eigenvalue weighted by atomic mass is 10.1. The first-order valence-corrected chi connectivity index (χ1v) is 9.91. The van der Waals surface area contributed by atoms with Crippen molar-refractivity contribution in [2.75, 3.05) is 7.11 Å². The fourth-order valence-corrected chi connectivity index (χ4v) is 2.68. The summed E-state index contributed by atoms with van der Waals surface area (Å²) in [6.07, 6.45) is 2.14. The number of aryl methyl sites for hydroxylation is 1. The van der Waals surface area contributed by atoms with Gasteiger partial charge >= 0.3 is 0 Å². The smallest absolute Gasteiger partial charge is 0.250 e. The molecule has 0 saturated heterocycles. The zero-order valence-corrected chi connectivity index (χ0v) is 14.4. The summed E-state index contributed by atoms with van der Waals surface area (Å²) in [5.41, 5.74) is 1.04. The van der Waals surface area contributed by atoms with Crippen molar-refractivity contribution in [2.24, 2.45) is 0 Å². The van der Waals surface area contributed by atoms with Crippen molar-refractivity contribution in [3.8, 4) is 11.5 Å². The van der Waals surface area contributed by atoms with Gasteiger partial charge in [-0.05, 0) is 36.2 Å². The first-order chi connectivity index (χ1) is 9.21. The van der Waals surface area contributed by atoms with Crippen LogP contribution in [-0.4, -0.2) is 21.7 Å². The molecule has 0 radical (unpaired) electrons. The molecular weight excluding hydrogens is 268 g/mol. The highest BCUT2D eigenvalue weighted by Crippen LogP contribution is 2.38. The quantitative estimate of drug-likeness (QED) is 0.582. The zero-order chi connectivity index (χ0) is 15.4. The molecule has 4 heteroatoms. The Kier molecular flexibility index (Phi) is 5.40. The van der Waals surface area contributed by atoms with E-state index in [9.17, 15) is 4.79 Å². The van der Waals surface area contributed by atoms with Crippen molar-refractivity contribution in [1.82, 2.24) is 0 Å². The van der Waals surface area contributed by atoms with Crippen LogP contribution in [0.25, 0.3) is 0 Å². The van der Waals surface area contributed by atoms with Crippen molar-refractivity contribution < 1.29 is 14.0 Å². The number of aldehydes is 1. The summed E-state index contributed by atoms with van der Waals surface area (Å²) < 4.78 is 11.7. The van der Waals surface area contributed by atoms with Crippen molar-refractivity contribution >= 4 is 14.6 Å². The fraction of sp³-hybridized carbons (Fsp3) is 0.562. The average Bonchev–Trinajstić information content (AvgIpc) is 2.35. The van der Waals surface area contributed by atoms with E-state index in [0.29, 0.717) is 12.8 Å². The number of rotatable bonds is 6. The molecule has 0 aliphatic carbocycles. The van der Waals surface area contributed by atoms with Crippen LogP contribution in [0.15, 0.2) is 18.2 Å². The van der Waals surface area contributed by atoms with Crippen molar-refractivity contribution in [3.05, 3.63) is 23.8 Å². The van der Waals surface area contributed by atoms with Gasteiger partial charge in [-0.15, -0.1) is 0 Å². The molecule has 0 unspecified atom stereocenters. The summed E-state index contributed by atoms with van der Waals surface area (Å²) in [4.78, 5) is 10.5. The Balaban J connectivity index is 2.96. The number of ether oxygens (including phenoxy) is 1. The second-order valence-electron chi connectivity index (χ2n) is 6.54. The monoisotopic (exact) mass is 294 g/mol. The third-order valence-corrected chi connectivity index (χ3v) is 8.33. The van der Waals surface area contributed by atoms with E-state index in [4.69, 9.17) is 9.16 Å². The summed E-state index contributed by atoms with van der Waals surface area (Å²) in [6, 6.07) is 5.90. The summed E-state index contributed by atoms with van der Waals surface area (Å²) in [5.74, 6) is 1.64. The largest absolute Gasteiger partial charge is 0.543 e. The van der Waals surface area contributed by atoms with Gasteiger partial charge in [-0.25, -0.2) is 0 Å². The molecule has 20 heavy (non-hydrogen) atoms. The molecule has 0 saturated carbocycles. The van der Waals surface area contributed by atoms with Gasteiger partial charge in [-0.2, -0.15) is 0 Å². The normalized spacial score (nSPS) is 12.1. The number of hydrogen-bond donors (Lipinski definition) is 0. The first kappa shape index (κ1) is 16.8. The SMILES string of the molecule is COc1cc(O[Si](C)(C)C(C)(C)C)ccc1CCC=O. The molecular formula is C16H26O3Si. The molecule has 0 aliphatic heterocycles. The molecule has 0 fully saturated rings. The third kappa shape index (κ3) is 4.10. The highest BCUT2D eigenvalue weighted by molar-refractivity contribution is 6.74. The van der Waals surface area contributed by atoms with Crippen LogP contribution in [-0.2, 0) is 11.2 Å². The lowest BCUT2D eigenvalue weighted by molar-refractivity contribution is -0.107. The molecule has 1 aromatic carbocycles. The topological polar surface area (TPSA) is 35.5 Å². The predicted molar refractivity (Wildman–Crippen MR) is 85.2 cm³/mol. The van der Waals surface area contributed by atoms with Crippen molar-refractivity contribution in [3.63, 3.8) is 0 Å². The van der Waals surface area contributed by atoms with Crippen LogP contribution in [0.2, 0.25) is 18.1 Å². The van der Waals surface area contributed by atoms with E-state index in [1.807, 2.05) is 18.2 Å². The lowest BCUT2D eigenvalue weighted by Gasteiger charge is -2.36. The van der Waals surface area contributed by atoms with Gasteiger partial charge in [-0.1, -0.05) is 26.8 Å². The van der Waals surface area contributed by atoms with Gasteiger partial charge in [0.2, 0.25) is 8.32 Å². The van der Waals surface area contributed by atoms with Crippen molar-refractivity contribution in [2.45, 2.75) is 51.7 Å². The molecule has 0 amide bonds. The lowest BCUT2D eigenvalue weighted by Crippen LogP contribution is -2.43. The molecule has 112 valence electrons. The Labute approximate surface area is 123 Å². The number of hydrogen-bond acceptors (Lipinski definition) is 3. The Morgan fingerprint density at radius 2 is 1.90 bits per heavy atom. The molecule has 0 atom stereocenters. The van der Waals surface area contributed by atoms with Crippen molar-refractivity contribution in [1.29, 1.82) is 0 Å². The molecule has 0 aromatic heterocycles. The van der Waals surface area contributed by atoms with Gasteiger partial charge < -0.3 is 14.0 Å². The van der Waals surface area contributed by atoms with E-state index < -0.39 is 8.32 Å². The third-order valence-electron chi connectivity index (χ3n) is 3.97. The minimum absolute atomic E-state index is 0.163. The minimum atomic E-state index is -1.84. The summed E-state index contributed by atoms with van der Waals surface area (Å²) >= 11 is 0. The molecule has 0 spiro atoms. The summed E-state index contributed by atoms with van der Waals surface area (Å²) in [7, 11) is -0.187. The van der Waals surface area contributed by atoms with Gasteiger partial charge in [0.1, 0.15) is 17.8 Å². The molecule has 1 aromatic rings. The molecule has 0 aliphatic rings. The molecule has 0 bridgehead atoms. The van der Waals surface area contributed by atoms with Crippen LogP contribution in [0.4, 0.5) is 0 Å². The fourth-order valence-electron chi connectivity index (χ4n) is 1.66. The highest BCUT2D eigenvalue weighted by Gasteiger charge is 2.39. The summed E-state index contributed by atoms with van der Waals surface area (Å²) in [6.45, 7) is 11.1. The molecule has 1 rings (SSSR count). The van der Waals surface area contributed by atoms with E-state index in [-0.39, 0.29) is 5.04 Å². The molecule has 3 nitrogen and oxygen atoms in total. The van der Waals surface area contributed by atoms with E-state index >= 15 is 0 Å². The second-order valence-corrected chi connectivity index (χ2v) is 11.3. The molecule has 0 N–H and O–H groups in total. The number of carbonyl (C=O) groups excluding carboxylic acids is 1. The Bertz CT molecular complexity index is 461. The van der Waals surface area contributed by atoms with E-state index in [1.165, 1.54) is 0 Å². The number of benzene rings is 1. The van der Waals surface area contributed by atoms with Crippen LogP contribution in [0.1, 0.15) is 32.8 Å². The number of carbonyl (C=O) groups is 1. The summed E-state index contributed by atoms with van der Waals surface area (Å²) in [5, 5.41) is 0.163. The van der Waals surface area contributed by atoms with Gasteiger partial charge in [0.15, 0.2) is 0 Å². The van der Waals surface area contributed by atoms with Gasteiger partial charge in [0.25, 0.3) is 0 Å². The van der Waals surface area contributed by atoms with E-state index in [0.717, 1.165) is 23.3 Å². The van der Waals surface area contributed by atoms with Crippen LogP contribution in [0.3, 0.4) is 0 Å². The Morgan fingerprint density at radius 1 is 1.25 bits per heavy atom. The van der Waals surface area contributed by atoms with Crippen LogP contribution >= 0.6 is 0 Å².